The summed E-state index contributed by atoms with van der Waals surface area (Å²) >= 11 is 1.62. The zero-order valence-electron chi connectivity index (χ0n) is 13.4. The highest BCUT2D eigenvalue weighted by molar-refractivity contribution is 7.98. The molecule has 0 atom stereocenters. The van der Waals surface area contributed by atoms with Crippen LogP contribution < -0.4 is 5.73 Å². The lowest BCUT2D eigenvalue weighted by molar-refractivity contribution is 0.1000. The predicted molar refractivity (Wildman–Crippen MR) is 90.6 cm³/mol. The van der Waals surface area contributed by atoms with Gasteiger partial charge >= 0.3 is 7.60 Å². The molecule has 1 aromatic heterocycles. The van der Waals surface area contributed by atoms with Crippen molar-refractivity contribution in [1.29, 1.82) is 0 Å². The van der Waals surface area contributed by atoms with Crippen molar-refractivity contribution in [3.63, 3.8) is 0 Å². The molecule has 1 aromatic rings. The average molecular weight is 362 g/mol. The van der Waals surface area contributed by atoms with Crippen LogP contribution in [0.4, 0.5) is 0 Å². The molecule has 0 saturated carbocycles. The maximum Gasteiger partial charge on any atom is 0.356 e. The summed E-state index contributed by atoms with van der Waals surface area (Å²) in [6.45, 7) is 4.58. The summed E-state index contributed by atoms with van der Waals surface area (Å²) in [4.78, 5) is 15.1. The summed E-state index contributed by atoms with van der Waals surface area (Å²) in [6.07, 6.45) is 3.09. The van der Waals surface area contributed by atoms with Gasteiger partial charge < -0.3 is 19.5 Å². The van der Waals surface area contributed by atoms with Crippen molar-refractivity contribution in [3.05, 3.63) is 29.6 Å². The summed E-state index contributed by atoms with van der Waals surface area (Å²) in [5.41, 5.74) is 6.53. The molecule has 0 spiro atoms. The first-order valence-corrected chi connectivity index (χ1v) is 10.2. The fraction of sp³-hybridized carbons (Fsp3) is 0.571. The Kier molecular flexibility index (Phi) is 9.43. The average Bonchev–Trinajstić information content (AvgIpc) is 2.51. The van der Waals surface area contributed by atoms with Crippen LogP contribution in [0.15, 0.2) is 18.5 Å². The Bertz CT molecular complexity index is 534. The van der Waals surface area contributed by atoms with E-state index in [2.05, 4.69) is 4.98 Å². The summed E-state index contributed by atoms with van der Waals surface area (Å²) in [7, 11) is -3.14. The van der Waals surface area contributed by atoms with E-state index < -0.39 is 13.5 Å². The molecule has 0 saturated heterocycles. The second-order valence-electron chi connectivity index (χ2n) is 4.48. The fourth-order valence-corrected chi connectivity index (χ4v) is 3.83. The number of amides is 1. The summed E-state index contributed by atoms with van der Waals surface area (Å²) in [5.74, 6) is 0.903. The normalized spacial score (nSPS) is 11.6. The number of carbonyl (C=O) groups is 1. The van der Waals surface area contributed by atoms with Gasteiger partial charge in [-0.3, -0.25) is 14.3 Å². The third-order valence-corrected chi connectivity index (χ3v) is 5.42. The molecule has 0 radical (unpaired) electrons. The number of thioether (sulfide) groups is 1. The monoisotopic (exact) mass is 362 g/mol. The van der Waals surface area contributed by atoms with Crippen molar-refractivity contribution in [2.45, 2.75) is 19.6 Å². The maximum absolute atomic E-state index is 12.1. The number of rotatable bonds is 12. The second kappa shape index (κ2) is 10.8. The van der Waals surface area contributed by atoms with E-state index in [1.54, 1.807) is 37.9 Å². The first-order valence-electron chi connectivity index (χ1n) is 7.28. The molecule has 0 aromatic carbocycles. The van der Waals surface area contributed by atoms with E-state index in [9.17, 15) is 9.36 Å². The highest BCUT2D eigenvalue weighted by atomic mass is 32.2. The zero-order chi connectivity index (χ0) is 17.1. The number of pyridine rings is 1. The van der Waals surface area contributed by atoms with E-state index in [1.165, 1.54) is 6.20 Å². The van der Waals surface area contributed by atoms with E-state index in [0.29, 0.717) is 36.9 Å². The number of nitrogens with two attached hydrogens (primary N) is 1. The third kappa shape index (κ3) is 7.94. The van der Waals surface area contributed by atoms with Crippen LogP contribution in [-0.2, 0) is 24.1 Å². The first kappa shape index (κ1) is 20.1. The number of ether oxygens (including phenoxy) is 1. The number of hydrogen-bond donors (Lipinski definition) is 1. The SMILES string of the molecule is CCOP(=O)(COCCSCc1cncc(C(N)=O)c1)OCC. The minimum atomic E-state index is -3.14. The summed E-state index contributed by atoms with van der Waals surface area (Å²) in [6, 6.07) is 1.72. The van der Waals surface area contributed by atoms with Crippen LogP contribution in [0.25, 0.3) is 0 Å². The molecule has 1 amide bonds. The Labute approximate surface area is 140 Å². The number of carbonyl (C=O) groups excluding carboxylic acids is 1. The van der Waals surface area contributed by atoms with Gasteiger partial charge in [0, 0.05) is 23.9 Å². The van der Waals surface area contributed by atoms with Gasteiger partial charge in [0.15, 0.2) is 0 Å². The van der Waals surface area contributed by atoms with Crippen molar-refractivity contribution in [2.75, 3.05) is 31.9 Å². The second-order valence-corrected chi connectivity index (χ2v) is 7.58. The Morgan fingerprint density at radius 2 is 2.00 bits per heavy atom. The van der Waals surface area contributed by atoms with Gasteiger partial charge in [-0.25, -0.2) is 0 Å². The third-order valence-electron chi connectivity index (χ3n) is 2.62. The molecule has 0 fully saturated rings. The smallest absolute Gasteiger partial charge is 0.356 e. The molecule has 0 aliphatic carbocycles. The largest absolute Gasteiger partial charge is 0.368 e. The molecular formula is C14H23N2O5PS. The lowest BCUT2D eigenvalue weighted by Gasteiger charge is -2.16. The summed E-state index contributed by atoms with van der Waals surface area (Å²) in [5, 5.41) is 0. The van der Waals surface area contributed by atoms with Gasteiger partial charge in [0.1, 0.15) is 6.35 Å². The first-order chi connectivity index (χ1) is 11.0. The Morgan fingerprint density at radius 1 is 1.30 bits per heavy atom. The van der Waals surface area contributed by atoms with E-state index >= 15 is 0 Å². The summed E-state index contributed by atoms with van der Waals surface area (Å²) < 4.78 is 27.8. The molecule has 1 rings (SSSR count). The highest BCUT2D eigenvalue weighted by Gasteiger charge is 2.23. The van der Waals surface area contributed by atoms with Gasteiger partial charge in [-0.15, -0.1) is 0 Å². The minimum Gasteiger partial charge on any atom is -0.368 e. The van der Waals surface area contributed by atoms with Crippen LogP contribution >= 0.6 is 19.4 Å². The van der Waals surface area contributed by atoms with Gasteiger partial charge in [-0.2, -0.15) is 11.8 Å². The topological polar surface area (TPSA) is 101 Å². The van der Waals surface area contributed by atoms with E-state index in [4.69, 9.17) is 19.5 Å². The maximum atomic E-state index is 12.1. The lowest BCUT2D eigenvalue weighted by Crippen LogP contribution is -2.11. The predicted octanol–water partition coefficient (Wildman–Crippen LogP) is 2.65. The van der Waals surface area contributed by atoms with Crippen LogP contribution in [-0.4, -0.2) is 42.8 Å². The molecule has 23 heavy (non-hydrogen) atoms. The van der Waals surface area contributed by atoms with Crippen molar-refractivity contribution in [1.82, 2.24) is 4.98 Å². The molecule has 0 bridgehead atoms. The molecule has 0 unspecified atom stereocenters. The van der Waals surface area contributed by atoms with Crippen molar-refractivity contribution in [3.8, 4) is 0 Å². The quantitative estimate of drug-likeness (QED) is 0.450. The van der Waals surface area contributed by atoms with Crippen LogP contribution in [0.2, 0.25) is 0 Å². The number of aromatic nitrogens is 1. The lowest BCUT2D eigenvalue weighted by atomic mass is 10.2. The number of primary amides is 1. The van der Waals surface area contributed by atoms with Gasteiger partial charge in [-0.05, 0) is 25.5 Å². The van der Waals surface area contributed by atoms with Crippen LogP contribution in [0.5, 0.6) is 0 Å². The number of hydrogen-bond acceptors (Lipinski definition) is 7. The van der Waals surface area contributed by atoms with E-state index in [0.717, 1.165) is 5.56 Å². The molecule has 2 N–H and O–H groups in total. The van der Waals surface area contributed by atoms with Gasteiger partial charge in [0.2, 0.25) is 5.91 Å². The number of nitrogens with zero attached hydrogens (tertiary/aromatic N) is 1. The minimum absolute atomic E-state index is 0.0477. The standard InChI is InChI=1S/C14H23N2O5PS/c1-3-20-22(18,21-4-2)11-19-5-6-23-10-12-7-13(14(15)17)9-16-8-12/h7-9H,3-6,10-11H2,1-2H3,(H2,15,17). The van der Waals surface area contributed by atoms with Crippen molar-refractivity contribution >= 4 is 25.3 Å². The van der Waals surface area contributed by atoms with Gasteiger partial charge in [-0.1, -0.05) is 0 Å². The fourth-order valence-electron chi connectivity index (χ4n) is 1.69. The van der Waals surface area contributed by atoms with Gasteiger partial charge in [0.25, 0.3) is 0 Å². The van der Waals surface area contributed by atoms with Crippen molar-refractivity contribution < 1.29 is 23.1 Å². The van der Waals surface area contributed by atoms with Crippen LogP contribution in [0.1, 0.15) is 29.8 Å². The van der Waals surface area contributed by atoms with Crippen molar-refractivity contribution in [2.24, 2.45) is 5.73 Å². The zero-order valence-corrected chi connectivity index (χ0v) is 15.1. The molecule has 0 aliphatic rings. The Hall–Kier alpha value is -0.920. The van der Waals surface area contributed by atoms with E-state index in [-0.39, 0.29) is 6.35 Å². The molecule has 1 heterocycles. The molecule has 7 nitrogen and oxygen atoms in total. The van der Waals surface area contributed by atoms with Crippen LogP contribution in [0.3, 0.4) is 0 Å². The molecule has 130 valence electrons. The molecule has 0 aliphatic heterocycles. The Balaban J connectivity index is 2.26. The molecule has 9 heteroatoms. The van der Waals surface area contributed by atoms with Crippen LogP contribution in [0, 0.1) is 0 Å². The van der Waals surface area contributed by atoms with Gasteiger partial charge in [0.05, 0.1) is 25.4 Å². The highest BCUT2D eigenvalue weighted by Crippen LogP contribution is 2.47. The van der Waals surface area contributed by atoms with E-state index in [1.807, 2.05) is 0 Å². The molecular weight excluding hydrogens is 339 g/mol. The Morgan fingerprint density at radius 3 is 2.61 bits per heavy atom.